The molecule has 0 bridgehead atoms. The molecule has 1 N–H and O–H groups in total. The van der Waals surface area contributed by atoms with Crippen molar-refractivity contribution in [1.82, 2.24) is 10.2 Å². The van der Waals surface area contributed by atoms with Crippen LogP contribution in [0.25, 0.3) is 0 Å². The van der Waals surface area contributed by atoms with Crippen molar-refractivity contribution in [3.8, 4) is 5.75 Å². The molecule has 0 fully saturated rings. The molecule has 1 amide bonds. The predicted molar refractivity (Wildman–Crippen MR) is 84.0 cm³/mol. The molecule has 0 saturated heterocycles. The predicted octanol–water partition coefficient (Wildman–Crippen LogP) is 3.55. The van der Waals surface area contributed by atoms with Gasteiger partial charge in [0.25, 0.3) is 5.91 Å². The number of halogens is 2. The van der Waals surface area contributed by atoms with E-state index in [9.17, 15) is 9.18 Å². The topological polar surface area (TPSA) is 64.1 Å². The fourth-order valence-corrected chi connectivity index (χ4v) is 2.75. The molecule has 2 aromatic rings. The zero-order valence-corrected chi connectivity index (χ0v) is 13.7. The van der Waals surface area contributed by atoms with E-state index >= 15 is 0 Å². The highest BCUT2D eigenvalue weighted by Crippen LogP contribution is 2.21. The smallest absolute Gasteiger partial charge is 0.264 e. The van der Waals surface area contributed by atoms with Crippen molar-refractivity contribution in [3.63, 3.8) is 0 Å². The Kier molecular flexibility index (Phi) is 5.68. The van der Waals surface area contributed by atoms with Gasteiger partial charge in [0.15, 0.2) is 6.61 Å². The number of ether oxygens (including phenoxy) is 1. The molecule has 0 unspecified atom stereocenters. The van der Waals surface area contributed by atoms with E-state index in [1.807, 2.05) is 0 Å². The minimum Gasteiger partial charge on any atom is -0.484 e. The van der Waals surface area contributed by atoms with Crippen molar-refractivity contribution >= 4 is 34.0 Å². The summed E-state index contributed by atoms with van der Waals surface area (Å²) in [5, 5.41) is 11.8. The van der Waals surface area contributed by atoms with Crippen LogP contribution in [0.4, 0.5) is 9.52 Å². The van der Waals surface area contributed by atoms with E-state index in [0.717, 1.165) is 11.4 Å². The molecule has 22 heavy (non-hydrogen) atoms. The van der Waals surface area contributed by atoms with Gasteiger partial charge in [-0.3, -0.25) is 10.1 Å². The lowest BCUT2D eigenvalue weighted by Gasteiger charge is -2.06. The quantitative estimate of drug-likeness (QED) is 0.871. The van der Waals surface area contributed by atoms with Crippen molar-refractivity contribution in [2.45, 2.75) is 20.3 Å². The van der Waals surface area contributed by atoms with E-state index in [1.165, 1.54) is 29.5 Å². The number of benzene rings is 1. The lowest BCUT2D eigenvalue weighted by atomic mass is 10.1. The summed E-state index contributed by atoms with van der Waals surface area (Å²) in [4.78, 5) is 11.8. The number of amides is 1. The molecular formula is C14H15ClFN3O2S. The first-order valence-corrected chi connectivity index (χ1v) is 7.83. The van der Waals surface area contributed by atoms with Gasteiger partial charge in [0, 0.05) is 12.5 Å². The summed E-state index contributed by atoms with van der Waals surface area (Å²) in [6.45, 7) is 3.95. The van der Waals surface area contributed by atoms with Crippen LogP contribution in [0.1, 0.15) is 18.9 Å². The number of carbonyl (C=O) groups excluding carboxylic acids is 1. The summed E-state index contributed by atoms with van der Waals surface area (Å²) in [6.07, 6.45) is 0.818. The maximum atomic E-state index is 13.0. The van der Waals surface area contributed by atoms with Crippen LogP contribution in [0.5, 0.6) is 5.75 Å². The normalized spacial score (nSPS) is 10.8. The van der Waals surface area contributed by atoms with Gasteiger partial charge >= 0.3 is 0 Å². The Balaban J connectivity index is 1.84. The van der Waals surface area contributed by atoms with Crippen molar-refractivity contribution in [3.05, 3.63) is 34.0 Å². The molecule has 118 valence electrons. The lowest BCUT2D eigenvalue weighted by Crippen LogP contribution is -2.20. The van der Waals surface area contributed by atoms with E-state index in [2.05, 4.69) is 29.4 Å². The zero-order chi connectivity index (χ0) is 16.1. The number of nitrogens with one attached hydrogen (secondary N) is 1. The first-order valence-electron chi connectivity index (χ1n) is 6.64. The van der Waals surface area contributed by atoms with Crippen molar-refractivity contribution < 1.29 is 13.9 Å². The van der Waals surface area contributed by atoms with Crippen molar-refractivity contribution in [2.75, 3.05) is 11.9 Å². The number of anilines is 1. The largest absolute Gasteiger partial charge is 0.484 e. The van der Waals surface area contributed by atoms with Gasteiger partial charge < -0.3 is 4.74 Å². The molecule has 0 saturated carbocycles. The Morgan fingerprint density at radius 3 is 2.91 bits per heavy atom. The Labute approximate surface area is 136 Å². The second-order valence-electron chi connectivity index (χ2n) is 5.01. The molecule has 8 heteroatoms. The maximum absolute atomic E-state index is 13.0. The van der Waals surface area contributed by atoms with Crippen molar-refractivity contribution in [2.24, 2.45) is 5.92 Å². The molecule has 1 aromatic heterocycles. The number of rotatable bonds is 6. The van der Waals surface area contributed by atoms with Gasteiger partial charge in [-0.15, -0.1) is 10.2 Å². The number of hydrogen-bond acceptors (Lipinski definition) is 5. The SMILES string of the molecule is CC(C)Cc1nnc(NC(=O)COc2ccc(F)c(Cl)c2)s1. The van der Waals surface area contributed by atoms with Gasteiger partial charge in [0.05, 0.1) is 5.02 Å². The average molecular weight is 344 g/mol. The minimum absolute atomic E-state index is 0.0552. The summed E-state index contributed by atoms with van der Waals surface area (Å²) in [5.41, 5.74) is 0. The monoisotopic (exact) mass is 343 g/mol. The van der Waals surface area contributed by atoms with E-state index in [1.54, 1.807) is 0 Å². The van der Waals surface area contributed by atoms with E-state index in [4.69, 9.17) is 16.3 Å². The van der Waals surface area contributed by atoms with Crippen LogP contribution in [-0.2, 0) is 11.2 Å². The van der Waals surface area contributed by atoms with Gasteiger partial charge in [-0.25, -0.2) is 4.39 Å². The number of hydrogen-bond donors (Lipinski definition) is 1. The number of nitrogens with zero attached hydrogens (tertiary/aromatic N) is 2. The average Bonchev–Trinajstić information content (AvgIpc) is 2.86. The van der Waals surface area contributed by atoms with Crippen LogP contribution < -0.4 is 10.1 Å². The summed E-state index contributed by atoms with van der Waals surface area (Å²) in [5.74, 6) is -0.111. The van der Waals surface area contributed by atoms with Gasteiger partial charge in [-0.05, 0) is 18.1 Å². The lowest BCUT2D eigenvalue weighted by molar-refractivity contribution is -0.118. The third-order valence-corrected chi connectivity index (χ3v) is 3.71. The second-order valence-corrected chi connectivity index (χ2v) is 6.48. The van der Waals surface area contributed by atoms with Crippen LogP contribution in [-0.4, -0.2) is 22.7 Å². The van der Waals surface area contributed by atoms with E-state index in [0.29, 0.717) is 16.8 Å². The fraction of sp³-hybridized carbons (Fsp3) is 0.357. The molecule has 0 aliphatic heterocycles. The second kappa shape index (κ2) is 7.51. The molecule has 1 heterocycles. The molecule has 0 aliphatic carbocycles. The summed E-state index contributed by atoms with van der Waals surface area (Å²) in [7, 11) is 0. The fourth-order valence-electron chi connectivity index (χ4n) is 1.61. The molecule has 1 aromatic carbocycles. The molecule has 2 rings (SSSR count). The molecule has 0 radical (unpaired) electrons. The van der Waals surface area contributed by atoms with Crippen LogP contribution >= 0.6 is 22.9 Å². The Hall–Kier alpha value is -1.73. The third kappa shape index (κ3) is 4.92. The maximum Gasteiger partial charge on any atom is 0.264 e. The van der Waals surface area contributed by atoms with E-state index in [-0.39, 0.29) is 17.5 Å². The molecule has 5 nitrogen and oxygen atoms in total. The molecule has 0 aliphatic rings. The zero-order valence-electron chi connectivity index (χ0n) is 12.1. The highest BCUT2D eigenvalue weighted by atomic mass is 35.5. The molecule has 0 atom stereocenters. The highest BCUT2D eigenvalue weighted by molar-refractivity contribution is 7.15. The Morgan fingerprint density at radius 2 is 2.23 bits per heavy atom. The van der Waals surface area contributed by atoms with Gasteiger partial charge in [0.2, 0.25) is 5.13 Å². The van der Waals surface area contributed by atoms with Gasteiger partial charge in [-0.2, -0.15) is 0 Å². The van der Waals surface area contributed by atoms with Crippen molar-refractivity contribution in [1.29, 1.82) is 0 Å². The molecule has 0 spiro atoms. The first-order chi connectivity index (χ1) is 10.4. The summed E-state index contributed by atoms with van der Waals surface area (Å²) < 4.78 is 18.2. The minimum atomic E-state index is -0.537. The Morgan fingerprint density at radius 1 is 1.45 bits per heavy atom. The van der Waals surface area contributed by atoms with Crippen LogP contribution in [0.2, 0.25) is 5.02 Å². The summed E-state index contributed by atoms with van der Waals surface area (Å²) in [6, 6.07) is 3.90. The van der Waals surface area contributed by atoms with Crippen LogP contribution in [0, 0.1) is 11.7 Å². The van der Waals surface area contributed by atoms with Gasteiger partial charge in [0.1, 0.15) is 16.6 Å². The number of aromatic nitrogens is 2. The highest BCUT2D eigenvalue weighted by Gasteiger charge is 2.10. The molecular weight excluding hydrogens is 329 g/mol. The van der Waals surface area contributed by atoms with E-state index < -0.39 is 5.82 Å². The Bertz CT molecular complexity index is 663. The first kappa shape index (κ1) is 16.6. The van der Waals surface area contributed by atoms with Crippen LogP contribution in [0.15, 0.2) is 18.2 Å². The summed E-state index contributed by atoms with van der Waals surface area (Å²) >= 11 is 6.97. The third-order valence-electron chi connectivity index (χ3n) is 2.56. The standard InChI is InChI=1S/C14H15ClFN3O2S/c1-8(2)5-13-18-19-14(22-13)17-12(20)7-21-9-3-4-11(16)10(15)6-9/h3-4,6,8H,5,7H2,1-2H3,(H,17,19,20). The van der Waals surface area contributed by atoms with Gasteiger partial charge in [-0.1, -0.05) is 36.8 Å². The number of carbonyl (C=O) groups is 1. The van der Waals surface area contributed by atoms with Crippen LogP contribution in [0.3, 0.4) is 0 Å².